The van der Waals surface area contributed by atoms with E-state index in [1.165, 1.54) is 4.31 Å². The molecular formula is C14H20N4O3S. The number of hydrogen-bond donors (Lipinski definition) is 0. The number of sulfonamides is 1. The van der Waals surface area contributed by atoms with Gasteiger partial charge in [0.25, 0.3) is 0 Å². The maximum Gasteiger partial charge on any atom is 0.248 e. The van der Waals surface area contributed by atoms with E-state index in [4.69, 9.17) is 4.52 Å². The van der Waals surface area contributed by atoms with Gasteiger partial charge in [-0.25, -0.2) is 13.4 Å². The molecule has 22 heavy (non-hydrogen) atoms. The predicted molar refractivity (Wildman–Crippen MR) is 79.9 cm³/mol. The highest BCUT2D eigenvalue weighted by atomic mass is 32.2. The minimum Gasteiger partial charge on any atom is -0.360 e. The Morgan fingerprint density at radius 1 is 1.32 bits per heavy atom. The predicted octanol–water partition coefficient (Wildman–Crippen LogP) is 1.82. The largest absolute Gasteiger partial charge is 0.360 e. The van der Waals surface area contributed by atoms with Crippen molar-refractivity contribution < 1.29 is 12.9 Å². The van der Waals surface area contributed by atoms with E-state index in [9.17, 15) is 8.42 Å². The third-order valence-corrected chi connectivity index (χ3v) is 6.12. The van der Waals surface area contributed by atoms with Gasteiger partial charge in [0.05, 0.1) is 24.3 Å². The Morgan fingerprint density at radius 3 is 2.64 bits per heavy atom. The summed E-state index contributed by atoms with van der Waals surface area (Å²) in [6.45, 7) is 8.15. The average molecular weight is 324 g/mol. The number of aromatic nitrogens is 3. The molecule has 0 spiro atoms. The quantitative estimate of drug-likeness (QED) is 0.860. The second kappa shape index (κ2) is 5.20. The first kappa shape index (κ1) is 15.2. The average Bonchev–Trinajstić information content (AvgIpc) is 3.01. The Bertz CT molecular complexity index is 785. The number of nitrogens with zero attached hydrogens (tertiary/aromatic N) is 4. The molecule has 7 nitrogen and oxygen atoms in total. The molecule has 120 valence electrons. The summed E-state index contributed by atoms with van der Waals surface area (Å²) in [6, 6.07) is 0.248. The highest BCUT2D eigenvalue weighted by molar-refractivity contribution is 7.89. The fourth-order valence-corrected chi connectivity index (χ4v) is 4.60. The summed E-state index contributed by atoms with van der Waals surface area (Å²) < 4.78 is 34.3. The van der Waals surface area contributed by atoms with Crippen LogP contribution in [0.1, 0.15) is 42.7 Å². The summed E-state index contributed by atoms with van der Waals surface area (Å²) in [5.41, 5.74) is 2.36. The molecule has 0 saturated heterocycles. The van der Waals surface area contributed by atoms with Gasteiger partial charge in [-0.15, -0.1) is 0 Å². The van der Waals surface area contributed by atoms with Crippen molar-refractivity contribution in [3.63, 3.8) is 0 Å². The van der Waals surface area contributed by atoms with Crippen molar-refractivity contribution in [1.29, 1.82) is 0 Å². The van der Waals surface area contributed by atoms with Crippen LogP contribution in [0.3, 0.4) is 0 Å². The smallest absolute Gasteiger partial charge is 0.248 e. The first-order chi connectivity index (χ1) is 10.3. The topological polar surface area (TPSA) is 81.2 Å². The van der Waals surface area contributed by atoms with Crippen LogP contribution in [0, 0.1) is 13.8 Å². The van der Waals surface area contributed by atoms with E-state index >= 15 is 0 Å². The third-order valence-electron chi connectivity index (χ3n) is 4.03. The van der Waals surface area contributed by atoms with Gasteiger partial charge in [-0.3, -0.25) is 0 Å². The van der Waals surface area contributed by atoms with Crippen molar-refractivity contribution in [2.45, 2.75) is 51.6 Å². The summed E-state index contributed by atoms with van der Waals surface area (Å²) in [7, 11) is -3.61. The van der Waals surface area contributed by atoms with Crippen molar-refractivity contribution in [2.24, 2.45) is 0 Å². The lowest BCUT2D eigenvalue weighted by Crippen LogP contribution is -2.37. The molecule has 0 amide bonds. The lowest BCUT2D eigenvalue weighted by molar-refractivity contribution is 0.368. The zero-order valence-corrected chi connectivity index (χ0v) is 14.0. The van der Waals surface area contributed by atoms with Crippen LogP contribution in [0.5, 0.6) is 0 Å². The monoisotopic (exact) mass is 324 g/mol. The SMILES string of the molecule is Cc1noc(C)c1S(=O)(=O)N1CCc2ncn(C(C)C)c2C1. The van der Waals surface area contributed by atoms with E-state index in [0.29, 0.717) is 31.0 Å². The standard InChI is InChI=1S/C14H20N4O3S/c1-9(2)18-8-15-12-5-6-17(7-13(12)18)22(19,20)14-10(3)16-21-11(14)4/h8-9H,5-7H2,1-4H3. The van der Waals surface area contributed by atoms with Crippen LogP contribution in [0.15, 0.2) is 15.7 Å². The van der Waals surface area contributed by atoms with Crippen molar-refractivity contribution in [1.82, 2.24) is 19.0 Å². The molecule has 8 heteroatoms. The normalized spacial score (nSPS) is 16.2. The van der Waals surface area contributed by atoms with Gasteiger partial charge in [-0.2, -0.15) is 4.31 Å². The molecular weight excluding hydrogens is 304 g/mol. The van der Waals surface area contributed by atoms with Gasteiger partial charge in [0.1, 0.15) is 10.6 Å². The van der Waals surface area contributed by atoms with Gasteiger partial charge in [-0.05, 0) is 27.7 Å². The van der Waals surface area contributed by atoms with Gasteiger partial charge in [-0.1, -0.05) is 5.16 Å². The summed E-state index contributed by atoms with van der Waals surface area (Å²) in [5.74, 6) is 0.334. The lowest BCUT2D eigenvalue weighted by atomic mass is 10.2. The minimum atomic E-state index is -3.61. The maximum atomic E-state index is 12.9. The van der Waals surface area contributed by atoms with Crippen LogP contribution in [0.25, 0.3) is 0 Å². The zero-order valence-electron chi connectivity index (χ0n) is 13.2. The Balaban J connectivity index is 1.99. The molecule has 0 aliphatic carbocycles. The van der Waals surface area contributed by atoms with Crippen molar-refractivity contribution in [3.8, 4) is 0 Å². The second-order valence-electron chi connectivity index (χ2n) is 5.88. The van der Waals surface area contributed by atoms with Crippen molar-refractivity contribution in [3.05, 3.63) is 29.2 Å². The fraction of sp³-hybridized carbons (Fsp3) is 0.571. The van der Waals surface area contributed by atoms with E-state index in [1.54, 1.807) is 20.2 Å². The van der Waals surface area contributed by atoms with Crippen LogP contribution in [-0.4, -0.2) is 34.0 Å². The highest BCUT2D eigenvalue weighted by Gasteiger charge is 2.34. The van der Waals surface area contributed by atoms with Gasteiger partial charge in [0.15, 0.2) is 5.76 Å². The molecule has 1 aliphatic heterocycles. The molecule has 3 rings (SSSR count). The first-order valence-electron chi connectivity index (χ1n) is 7.30. The summed E-state index contributed by atoms with van der Waals surface area (Å²) in [6.07, 6.45) is 2.42. The van der Waals surface area contributed by atoms with Crippen molar-refractivity contribution >= 4 is 10.0 Å². The van der Waals surface area contributed by atoms with Gasteiger partial charge in [0, 0.05) is 19.0 Å². The molecule has 0 aromatic carbocycles. The van der Waals surface area contributed by atoms with Crippen LogP contribution >= 0.6 is 0 Å². The van der Waals surface area contributed by atoms with Crippen LogP contribution in [0.2, 0.25) is 0 Å². The lowest BCUT2D eigenvalue weighted by Gasteiger charge is -2.27. The Hall–Kier alpha value is -1.67. The van der Waals surface area contributed by atoms with E-state index in [2.05, 4.69) is 24.0 Å². The molecule has 0 saturated carbocycles. The van der Waals surface area contributed by atoms with Gasteiger partial charge >= 0.3 is 0 Å². The molecule has 0 radical (unpaired) electrons. The molecule has 0 fully saturated rings. The summed E-state index contributed by atoms with van der Waals surface area (Å²) in [5, 5.41) is 3.76. The fourth-order valence-electron chi connectivity index (χ4n) is 2.91. The van der Waals surface area contributed by atoms with E-state index in [-0.39, 0.29) is 10.9 Å². The number of aryl methyl sites for hydroxylation is 2. The minimum absolute atomic E-state index is 0.187. The molecule has 2 aromatic heterocycles. The highest BCUT2D eigenvalue weighted by Crippen LogP contribution is 2.28. The zero-order chi connectivity index (χ0) is 16.1. The number of fused-ring (bicyclic) bond motifs is 1. The van der Waals surface area contributed by atoms with E-state index < -0.39 is 10.0 Å². The number of imidazole rings is 1. The Kier molecular flexibility index (Phi) is 3.60. The van der Waals surface area contributed by atoms with Gasteiger partial charge < -0.3 is 9.09 Å². The maximum absolute atomic E-state index is 12.9. The van der Waals surface area contributed by atoms with Gasteiger partial charge in [0.2, 0.25) is 10.0 Å². The first-order valence-corrected chi connectivity index (χ1v) is 8.74. The molecule has 0 atom stereocenters. The molecule has 3 heterocycles. The Labute approximate surface area is 130 Å². The van der Waals surface area contributed by atoms with Crippen LogP contribution < -0.4 is 0 Å². The third kappa shape index (κ3) is 2.26. The molecule has 0 unspecified atom stereocenters. The number of rotatable bonds is 3. The molecule has 2 aromatic rings. The Morgan fingerprint density at radius 2 is 2.05 bits per heavy atom. The molecule has 0 bridgehead atoms. The summed E-state index contributed by atoms with van der Waals surface area (Å²) in [4.78, 5) is 4.59. The van der Waals surface area contributed by atoms with Crippen molar-refractivity contribution in [2.75, 3.05) is 6.54 Å². The molecule has 1 aliphatic rings. The second-order valence-corrected chi connectivity index (χ2v) is 7.76. The van der Waals surface area contributed by atoms with Crippen LogP contribution in [-0.2, 0) is 23.0 Å². The number of hydrogen-bond acceptors (Lipinski definition) is 5. The summed E-state index contributed by atoms with van der Waals surface area (Å²) >= 11 is 0. The van der Waals surface area contributed by atoms with E-state index in [0.717, 1.165) is 11.4 Å². The van der Waals surface area contributed by atoms with E-state index in [1.807, 2.05) is 4.57 Å². The molecule has 0 N–H and O–H groups in total. The van der Waals surface area contributed by atoms with Crippen LogP contribution in [0.4, 0.5) is 0 Å².